The highest BCUT2D eigenvalue weighted by molar-refractivity contribution is 6.06. The third-order valence-electron chi connectivity index (χ3n) is 3.45. The third-order valence-corrected chi connectivity index (χ3v) is 3.45. The number of carbonyl (C=O) groups is 2. The maximum Gasteiger partial charge on any atom is 0.335 e. The zero-order valence-corrected chi connectivity index (χ0v) is 15.5. The number of hydrogen-bond donors (Lipinski definition) is 0. The van der Waals surface area contributed by atoms with E-state index in [-0.39, 0.29) is 0 Å². The number of aryl methyl sites for hydroxylation is 1. The molecule has 1 atom stereocenters. The van der Waals surface area contributed by atoms with Crippen molar-refractivity contribution in [3.8, 4) is 0 Å². The second-order valence-corrected chi connectivity index (χ2v) is 8.20. The Kier molecular flexibility index (Phi) is 4.62. The van der Waals surface area contributed by atoms with Crippen molar-refractivity contribution in [3.63, 3.8) is 0 Å². The van der Waals surface area contributed by atoms with E-state index in [0.717, 1.165) is 16.7 Å². The highest BCUT2D eigenvalue weighted by atomic mass is 16.6. The summed E-state index contributed by atoms with van der Waals surface area (Å²) in [5.41, 5.74) is 1.77. The summed E-state index contributed by atoms with van der Waals surface area (Å²) in [5.74, 6) is -1.65. The van der Waals surface area contributed by atoms with E-state index in [9.17, 15) is 9.59 Å². The lowest BCUT2D eigenvalue weighted by molar-refractivity contribution is -0.159. The van der Waals surface area contributed by atoms with E-state index in [1.54, 1.807) is 26.8 Å². The normalized spacial score (nSPS) is 17.1. The zero-order chi connectivity index (χ0) is 18.3. The average Bonchev–Trinajstić information content (AvgIpc) is 2.73. The van der Waals surface area contributed by atoms with Crippen LogP contribution in [0.25, 0.3) is 6.08 Å². The summed E-state index contributed by atoms with van der Waals surface area (Å²) in [6.07, 6.45) is 1.73. The fourth-order valence-corrected chi connectivity index (χ4v) is 2.62. The molecule has 0 bridgehead atoms. The molecular weight excluding hydrogens is 304 g/mol. The topological polar surface area (TPSA) is 52.6 Å². The largest absolute Gasteiger partial charge is 0.459 e. The Hall–Kier alpha value is -2.10. The Morgan fingerprint density at radius 3 is 2.08 bits per heavy atom. The minimum atomic E-state index is -0.742. The number of benzene rings is 1. The lowest BCUT2D eigenvalue weighted by atomic mass is 9.94. The molecule has 24 heavy (non-hydrogen) atoms. The van der Waals surface area contributed by atoms with Gasteiger partial charge in [0.1, 0.15) is 17.1 Å². The van der Waals surface area contributed by atoms with Gasteiger partial charge >= 0.3 is 11.9 Å². The van der Waals surface area contributed by atoms with Crippen LogP contribution in [0.3, 0.4) is 0 Å². The van der Waals surface area contributed by atoms with Crippen molar-refractivity contribution in [1.29, 1.82) is 0 Å². The number of esters is 2. The Balaban J connectivity index is 2.42. The minimum absolute atomic E-state index is 0.333. The van der Waals surface area contributed by atoms with Gasteiger partial charge < -0.3 is 9.47 Å². The highest BCUT2D eigenvalue weighted by Crippen LogP contribution is 2.39. The van der Waals surface area contributed by atoms with E-state index in [1.807, 2.05) is 45.9 Å². The van der Waals surface area contributed by atoms with Gasteiger partial charge in [-0.2, -0.15) is 0 Å². The number of hydrogen-bond acceptors (Lipinski definition) is 4. The van der Waals surface area contributed by atoms with Crippen LogP contribution in [0.2, 0.25) is 0 Å². The Morgan fingerprint density at radius 2 is 1.54 bits per heavy atom. The molecule has 2 rings (SSSR count). The van der Waals surface area contributed by atoms with Gasteiger partial charge in [0.25, 0.3) is 0 Å². The van der Waals surface area contributed by atoms with Gasteiger partial charge in [-0.3, -0.25) is 4.79 Å². The van der Waals surface area contributed by atoms with Crippen LogP contribution in [-0.2, 0) is 19.1 Å². The molecule has 1 aromatic carbocycles. The molecule has 1 aromatic rings. The van der Waals surface area contributed by atoms with Crippen LogP contribution >= 0.6 is 0 Å². The minimum Gasteiger partial charge on any atom is -0.459 e. The standard InChI is InChI=1S/C20H26O4/c1-12-8-9-13-11-15(17(21)23-19(2,3)4)16(14(13)10-12)18(22)24-20(5,6)7/h8-11,16H,1-7H3. The maximum atomic E-state index is 12.7. The molecular formula is C20H26O4. The van der Waals surface area contributed by atoms with Crippen LogP contribution in [0.4, 0.5) is 0 Å². The van der Waals surface area contributed by atoms with Gasteiger partial charge in [-0.1, -0.05) is 23.8 Å². The molecule has 1 unspecified atom stereocenters. The lowest BCUT2D eigenvalue weighted by Gasteiger charge is -2.25. The van der Waals surface area contributed by atoms with Crippen LogP contribution in [-0.4, -0.2) is 23.1 Å². The Labute approximate surface area is 143 Å². The van der Waals surface area contributed by atoms with Gasteiger partial charge in [0.15, 0.2) is 0 Å². The summed E-state index contributed by atoms with van der Waals surface area (Å²) in [6, 6.07) is 5.80. The first-order valence-electron chi connectivity index (χ1n) is 8.16. The van der Waals surface area contributed by atoms with Gasteiger partial charge in [-0.15, -0.1) is 0 Å². The van der Waals surface area contributed by atoms with Gasteiger partial charge in [-0.25, -0.2) is 4.79 Å². The van der Waals surface area contributed by atoms with Crippen LogP contribution in [0.15, 0.2) is 23.8 Å². The molecule has 0 saturated carbocycles. The van der Waals surface area contributed by atoms with E-state index in [2.05, 4.69) is 0 Å². The molecule has 4 nitrogen and oxygen atoms in total. The predicted molar refractivity (Wildman–Crippen MR) is 93.6 cm³/mol. The maximum absolute atomic E-state index is 12.7. The van der Waals surface area contributed by atoms with E-state index in [1.165, 1.54) is 0 Å². The highest BCUT2D eigenvalue weighted by Gasteiger charge is 2.39. The van der Waals surface area contributed by atoms with Crippen molar-refractivity contribution in [2.24, 2.45) is 0 Å². The summed E-state index contributed by atoms with van der Waals surface area (Å²) < 4.78 is 11.0. The van der Waals surface area contributed by atoms with E-state index in [0.29, 0.717) is 5.57 Å². The second kappa shape index (κ2) is 6.08. The van der Waals surface area contributed by atoms with Crippen molar-refractivity contribution in [1.82, 2.24) is 0 Å². The number of ether oxygens (including phenoxy) is 2. The molecule has 1 aliphatic carbocycles. The molecule has 0 heterocycles. The zero-order valence-electron chi connectivity index (χ0n) is 15.5. The monoisotopic (exact) mass is 330 g/mol. The van der Waals surface area contributed by atoms with Crippen LogP contribution in [0.1, 0.15) is 64.2 Å². The van der Waals surface area contributed by atoms with Crippen LogP contribution in [0.5, 0.6) is 0 Å². The first kappa shape index (κ1) is 18.2. The average molecular weight is 330 g/mol. The first-order chi connectivity index (χ1) is 10.9. The molecule has 130 valence electrons. The molecule has 1 aliphatic rings. The van der Waals surface area contributed by atoms with Crippen molar-refractivity contribution in [2.45, 2.75) is 65.6 Å². The number of fused-ring (bicyclic) bond motifs is 1. The summed E-state index contributed by atoms with van der Waals surface area (Å²) in [5, 5.41) is 0. The number of rotatable bonds is 2. The van der Waals surface area contributed by atoms with Gasteiger partial charge in [0, 0.05) is 0 Å². The Morgan fingerprint density at radius 1 is 0.958 bits per heavy atom. The third kappa shape index (κ3) is 4.25. The summed E-state index contributed by atoms with van der Waals surface area (Å²) in [6.45, 7) is 12.8. The van der Waals surface area contributed by atoms with E-state index in [4.69, 9.17) is 9.47 Å². The quantitative estimate of drug-likeness (QED) is 0.764. The molecule has 0 spiro atoms. The molecule has 0 fully saturated rings. The SMILES string of the molecule is Cc1ccc2c(c1)C(C(=O)OC(C)(C)C)C(C(=O)OC(C)(C)C)=C2. The summed E-state index contributed by atoms with van der Waals surface area (Å²) in [4.78, 5) is 25.3. The molecule has 0 aromatic heterocycles. The fraction of sp³-hybridized carbons (Fsp3) is 0.500. The van der Waals surface area contributed by atoms with Crippen LogP contribution in [0, 0.1) is 6.92 Å². The molecule has 0 amide bonds. The first-order valence-corrected chi connectivity index (χ1v) is 8.16. The van der Waals surface area contributed by atoms with Crippen molar-refractivity contribution in [3.05, 3.63) is 40.5 Å². The van der Waals surface area contributed by atoms with Crippen molar-refractivity contribution < 1.29 is 19.1 Å². The number of carbonyl (C=O) groups excluding carboxylic acids is 2. The van der Waals surface area contributed by atoms with Crippen molar-refractivity contribution >= 4 is 18.0 Å². The van der Waals surface area contributed by atoms with E-state index < -0.39 is 29.1 Å². The fourth-order valence-electron chi connectivity index (χ4n) is 2.62. The van der Waals surface area contributed by atoms with Gasteiger partial charge in [0.05, 0.1) is 5.57 Å². The molecule has 0 radical (unpaired) electrons. The molecule has 0 saturated heterocycles. The van der Waals surface area contributed by atoms with Crippen LogP contribution < -0.4 is 0 Å². The molecule has 4 heteroatoms. The summed E-state index contributed by atoms with van der Waals surface area (Å²) >= 11 is 0. The van der Waals surface area contributed by atoms with E-state index >= 15 is 0 Å². The predicted octanol–water partition coefficient (Wildman–Crippen LogP) is 4.16. The summed E-state index contributed by atoms with van der Waals surface area (Å²) in [7, 11) is 0. The van der Waals surface area contributed by atoms with Gasteiger partial charge in [0.2, 0.25) is 0 Å². The van der Waals surface area contributed by atoms with Crippen molar-refractivity contribution in [2.75, 3.05) is 0 Å². The Bertz CT molecular complexity index is 699. The molecule has 0 N–H and O–H groups in total. The molecule has 0 aliphatic heterocycles. The van der Waals surface area contributed by atoms with Gasteiger partial charge in [-0.05, 0) is 65.7 Å². The second-order valence-electron chi connectivity index (χ2n) is 8.20. The lowest BCUT2D eigenvalue weighted by Crippen LogP contribution is -2.31. The smallest absolute Gasteiger partial charge is 0.335 e.